The Morgan fingerprint density at radius 3 is 2.86 bits per heavy atom. The average Bonchev–Trinajstić information content (AvgIpc) is 2.88. The van der Waals surface area contributed by atoms with E-state index in [0.717, 1.165) is 25.8 Å². The van der Waals surface area contributed by atoms with E-state index in [9.17, 15) is 14.9 Å². The first-order valence-corrected chi connectivity index (χ1v) is 7.32. The van der Waals surface area contributed by atoms with Gasteiger partial charge in [-0.05, 0) is 31.5 Å². The first-order valence-electron chi connectivity index (χ1n) is 6.94. The van der Waals surface area contributed by atoms with E-state index >= 15 is 0 Å². The maximum atomic E-state index is 12.5. The molecule has 0 radical (unpaired) electrons. The summed E-state index contributed by atoms with van der Waals surface area (Å²) in [6, 6.07) is 4.22. The molecule has 0 bridgehead atoms. The van der Waals surface area contributed by atoms with Crippen molar-refractivity contribution >= 4 is 28.9 Å². The summed E-state index contributed by atoms with van der Waals surface area (Å²) in [4.78, 5) is 22.7. The Morgan fingerprint density at radius 1 is 1.57 bits per heavy atom. The molecule has 0 aromatic heterocycles. The van der Waals surface area contributed by atoms with E-state index in [4.69, 9.17) is 11.6 Å². The molecule has 1 saturated heterocycles. The Kier molecular flexibility index (Phi) is 4.80. The lowest BCUT2D eigenvalue weighted by atomic mass is 9.81. The van der Waals surface area contributed by atoms with E-state index in [2.05, 4.69) is 17.6 Å². The molecule has 2 rings (SSSR count). The number of amides is 1. The predicted molar refractivity (Wildman–Crippen MR) is 81.6 cm³/mol. The minimum atomic E-state index is -0.548. The van der Waals surface area contributed by atoms with Crippen molar-refractivity contribution in [2.45, 2.75) is 26.2 Å². The number of nitrogens with zero attached hydrogens (tertiary/aromatic N) is 1. The van der Waals surface area contributed by atoms with Crippen molar-refractivity contribution in [3.8, 4) is 0 Å². The van der Waals surface area contributed by atoms with Crippen LogP contribution in [0.15, 0.2) is 18.2 Å². The van der Waals surface area contributed by atoms with Gasteiger partial charge in [0.25, 0.3) is 5.69 Å². The fourth-order valence-corrected chi connectivity index (χ4v) is 2.99. The summed E-state index contributed by atoms with van der Waals surface area (Å²) in [6.45, 7) is 3.54. The van der Waals surface area contributed by atoms with Crippen LogP contribution in [0.2, 0.25) is 5.02 Å². The quantitative estimate of drug-likeness (QED) is 0.646. The second-order valence-electron chi connectivity index (χ2n) is 5.33. The Hall–Kier alpha value is -1.66. The van der Waals surface area contributed by atoms with Crippen molar-refractivity contribution in [2.75, 3.05) is 18.4 Å². The van der Waals surface area contributed by atoms with Crippen LogP contribution in [0, 0.1) is 15.5 Å². The van der Waals surface area contributed by atoms with Crippen LogP contribution in [0.3, 0.4) is 0 Å². The number of halogens is 1. The zero-order valence-corrected chi connectivity index (χ0v) is 12.6. The molecular formula is C14H18ClN3O3. The van der Waals surface area contributed by atoms with Gasteiger partial charge in [-0.15, -0.1) is 0 Å². The number of nitro groups is 1. The highest BCUT2D eigenvalue weighted by Gasteiger charge is 2.40. The Labute approximate surface area is 128 Å². The van der Waals surface area contributed by atoms with Crippen LogP contribution < -0.4 is 10.6 Å². The van der Waals surface area contributed by atoms with Gasteiger partial charge in [0.05, 0.1) is 10.3 Å². The molecule has 2 N–H and O–H groups in total. The molecule has 21 heavy (non-hydrogen) atoms. The molecule has 7 heteroatoms. The second kappa shape index (κ2) is 6.41. The van der Waals surface area contributed by atoms with E-state index in [-0.39, 0.29) is 16.6 Å². The molecule has 1 aromatic rings. The van der Waals surface area contributed by atoms with Crippen LogP contribution in [-0.2, 0) is 4.79 Å². The first kappa shape index (κ1) is 15.7. The van der Waals surface area contributed by atoms with Crippen molar-refractivity contribution in [1.29, 1.82) is 0 Å². The van der Waals surface area contributed by atoms with Gasteiger partial charge in [0.1, 0.15) is 5.02 Å². The highest BCUT2D eigenvalue weighted by molar-refractivity contribution is 6.33. The van der Waals surface area contributed by atoms with Gasteiger partial charge >= 0.3 is 0 Å². The lowest BCUT2D eigenvalue weighted by molar-refractivity contribution is -0.384. The zero-order chi connectivity index (χ0) is 15.5. The van der Waals surface area contributed by atoms with Crippen molar-refractivity contribution in [2.24, 2.45) is 5.41 Å². The summed E-state index contributed by atoms with van der Waals surface area (Å²) in [7, 11) is 0. The molecule has 1 heterocycles. The highest BCUT2D eigenvalue weighted by atomic mass is 35.5. The number of benzene rings is 1. The van der Waals surface area contributed by atoms with Crippen LogP contribution in [0.4, 0.5) is 11.4 Å². The van der Waals surface area contributed by atoms with Gasteiger partial charge in [0, 0.05) is 18.3 Å². The number of carbonyl (C=O) groups excluding carboxylic acids is 1. The van der Waals surface area contributed by atoms with Gasteiger partial charge in [-0.2, -0.15) is 0 Å². The average molecular weight is 312 g/mol. The number of rotatable bonds is 5. The molecule has 1 atom stereocenters. The minimum Gasteiger partial charge on any atom is -0.326 e. The molecule has 114 valence electrons. The molecule has 1 fully saturated rings. The Bertz CT molecular complexity index is 556. The van der Waals surface area contributed by atoms with Crippen LogP contribution in [0.1, 0.15) is 26.2 Å². The largest absolute Gasteiger partial charge is 0.326 e. The maximum absolute atomic E-state index is 12.5. The van der Waals surface area contributed by atoms with Crippen molar-refractivity contribution in [3.63, 3.8) is 0 Å². The topological polar surface area (TPSA) is 84.3 Å². The van der Waals surface area contributed by atoms with Gasteiger partial charge in [0.2, 0.25) is 5.91 Å². The van der Waals surface area contributed by atoms with Gasteiger partial charge < -0.3 is 10.6 Å². The molecular weight excluding hydrogens is 294 g/mol. The van der Waals surface area contributed by atoms with Gasteiger partial charge in [-0.25, -0.2) is 0 Å². The van der Waals surface area contributed by atoms with Crippen LogP contribution >= 0.6 is 11.6 Å². The van der Waals surface area contributed by atoms with Gasteiger partial charge in [0.15, 0.2) is 0 Å². The van der Waals surface area contributed by atoms with E-state index < -0.39 is 10.3 Å². The van der Waals surface area contributed by atoms with Crippen LogP contribution in [-0.4, -0.2) is 23.9 Å². The maximum Gasteiger partial charge on any atom is 0.288 e. The van der Waals surface area contributed by atoms with Crippen molar-refractivity contribution < 1.29 is 9.72 Å². The summed E-state index contributed by atoms with van der Waals surface area (Å²) in [6.07, 6.45) is 2.54. The van der Waals surface area contributed by atoms with Crippen LogP contribution in [0.5, 0.6) is 0 Å². The third-order valence-electron chi connectivity index (χ3n) is 3.86. The van der Waals surface area contributed by atoms with E-state index in [0.29, 0.717) is 12.2 Å². The monoisotopic (exact) mass is 311 g/mol. The highest BCUT2D eigenvalue weighted by Crippen LogP contribution is 2.33. The summed E-state index contributed by atoms with van der Waals surface area (Å²) >= 11 is 5.86. The van der Waals surface area contributed by atoms with E-state index in [1.807, 2.05) is 0 Å². The number of nitro benzene ring substituents is 1. The van der Waals surface area contributed by atoms with Crippen molar-refractivity contribution in [1.82, 2.24) is 5.32 Å². The van der Waals surface area contributed by atoms with E-state index in [1.165, 1.54) is 18.2 Å². The molecule has 0 saturated carbocycles. The zero-order valence-electron chi connectivity index (χ0n) is 11.8. The molecule has 0 spiro atoms. The normalized spacial score (nSPS) is 21.2. The Morgan fingerprint density at radius 2 is 2.33 bits per heavy atom. The molecule has 1 aliphatic rings. The summed E-state index contributed by atoms with van der Waals surface area (Å²) in [5.74, 6) is -0.0562. The number of nitrogens with one attached hydrogen (secondary N) is 2. The third-order valence-corrected chi connectivity index (χ3v) is 4.16. The molecule has 6 nitrogen and oxygen atoms in total. The number of hydrogen-bond acceptors (Lipinski definition) is 4. The predicted octanol–water partition coefficient (Wildman–Crippen LogP) is 2.97. The smallest absolute Gasteiger partial charge is 0.288 e. The molecule has 1 amide bonds. The fraction of sp³-hybridized carbons (Fsp3) is 0.500. The van der Waals surface area contributed by atoms with Crippen molar-refractivity contribution in [3.05, 3.63) is 33.3 Å². The lowest BCUT2D eigenvalue weighted by Crippen LogP contribution is -2.38. The summed E-state index contributed by atoms with van der Waals surface area (Å²) < 4.78 is 0. The standard InChI is InChI=1S/C14H18ClN3O3/c1-2-5-14(6-7-16-9-14)13(19)17-10-3-4-12(18(20)21)11(15)8-10/h3-4,8,16H,2,5-7,9H2,1H3,(H,17,19). The second-order valence-corrected chi connectivity index (χ2v) is 5.74. The van der Waals surface area contributed by atoms with E-state index in [1.54, 1.807) is 0 Å². The lowest BCUT2D eigenvalue weighted by Gasteiger charge is -2.26. The fourth-order valence-electron chi connectivity index (χ4n) is 2.74. The van der Waals surface area contributed by atoms with Crippen LogP contribution in [0.25, 0.3) is 0 Å². The number of carbonyl (C=O) groups is 1. The van der Waals surface area contributed by atoms with Gasteiger partial charge in [-0.3, -0.25) is 14.9 Å². The minimum absolute atomic E-state index is 0.0203. The number of anilines is 1. The third kappa shape index (κ3) is 3.33. The molecule has 1 unspecified atom stereocenters. The molecule has 1 aliphatic heterocycles. The Balaban J connectivity index is 2.15. The first-order chi connectivity index (χ1) is 9.98. The SMILES string of the molecule is CCCC1(C(=O)Nc2ccc([N+](=O)[O-])c(Cl)c2)CCNC1. The van der Waals surface area contributed by atoms with Gasteiger partial charge in [-0.1, -0.05) is 24.9 Å². The molecule has 1 aromatic carbocycles. The number of hydrogen-bond donors (Lipinski definition) is 2. The summed E-state index contributed by atoms with van der Waals surface area (Å²) in [5.41, 5.74) is -0.0818. The summed E-state index contributed by atoms with van der Waals surface area (Å²) in [5, 5.41) is 16.8. The molecule has 0 aliphatic carbocycles.